The largest absolute Gasteiger partial charge is 0.469 e. The first-order valence-corrected chi connectivity index (χ1v) is 5.35. The van der Waals surface area contributed by atoms with Crippen molar-refractivity contribution in [1.82, 2.24) is 4.98 Å². The van der Waals surface area contributed by atoms with Crippen LogP contribution in [0.5, 0.6) is 0 Å². The van der Waals surface area contributed by atoms with Gasteiger partial charge in [0.05, 0.1) is 24.8 Å². The quantitative estimate of drug-likeness (QED) is 0.683. The number of ether oxygens (including phenoxy) is 1. The molecule has 1 rings (SSSR count). The number of halogens is 5. The minimum atomic E-state index is -5.00. The van der Waals surface area contributed by atoms with Crippen LogP contribution in [0.2, 0.25) is 0 Å². The molecule has 0 saturated heterocycles. The van der Waals surface area contributed by atoms with Gasteiger partial charge in [-0.25, -0.2) is 13.8 Å². The van der Waals surface area contributed by atoms with Gasteiger partial charge in [0, 0.05) is 6.54 Å². The SMILES string of the molecule is COC(=O)Cc1cc(C(F)(F)F)c(C(F)F)nc1CN. The lowest BCUT2D eigenvalue weighted by atomic mass is 10.0. The van der Waals surface area contributed by atoms with Gasteiger partial charge in [0.2, 0.25) is 0 Å². The Morgan fingerprint density at radius 1 is 1.45 bits per heavy atom. The molecule has 1 heterocycles. The van der Waals surface area contributed by atoms with Crippen LogP contribution < -0.4 is 5.73 Å². The summed E-state index contributed by atoms with van der Waals surface area (Å²) in [7, 11) is 1.05. The second kappa shape index (κ2) is 6.12. The number of rotatable bonds is 4. The highest BCUT2D eigenvalue weighted by Gasteiger charge is 2.37. The van der Waals surface area contributed by atoms with Crippen molar-refractivity contribution in [3.63, 3.8) is 0 Å². The summed E-state index contributed by atoms with van der Waals surface area (Å²) in [6, 6.07) is 0.466. The molecule has 0 atom stereocenters. The highest BCUT2D eigenvalue weighted by molar-refractivity contribution is 5.72. The summed E-state index contributed by atoms with van der Waals surface area (Å²) in [6.45, 7) is -0.371. The van der Waals surface area contributed by atoms with Crippen LogP contribution in [0, 0.1) is 0 Å². The first-order chi connectivity index (χ1) is 9.20. The number of carbonyl (C=O) groups excluding carboxylic acids is 1. The third-order valence-electron chi connectivity index (χ3n) is 2.49. The zero-order valence-electron chi connectivity index (χ0n) is 10.3. The van der Waals surface area contributed by atoms with E-state index in [0.29, 0.717) is 6.07 Å². The van der Waals surface area contributed by atoms with E-state index in [4.69, 9.17) is 5.73 Å². The number of alkyl halides is 5. The van der Waals surface area contributed by atoms with Crippen molar-refractivity contribution in [3.05, 3.63) is 28.6 Å². The monoisotopic (exact) mass is 298 g/mol. The Balaban J connectivity index is 3.42. The Morgan fingerprint density at radius 2 is 2.05 bits per heavy atom. The van der Waals surface area contributed by atoms with E-state index in [9.17, 15) is 26.7 Å². The van der Waals surface area contributed by atoms with E-state index in [2.05, 4.69) is 9.72 Å². The standard InChI is InChI=1S/C11H11F5N2O2/c1-20-8(19)3-5-2-6(11(14,15)16)9(10(12)13)18-7(5)4-17/h2,10H,3-4,17H2,1H3. The predicted octanol–water partition coefficient (Wildman–Crippen LogP) is 2.21. The van der Waals surface area contributed by atoms with Crippen molar-refractivity contribution in [3.8, 4) is 0 Å². The minimum Gasteiger partial charge on any atom is -0.469 e. The van der Waals surface area contributed by atoms with Crippen molar-refractivity contribution in [2.24, 2.45) is 5.73 Å². The maximum atomic E-state index is 12.7. The Kier molecular flexibility index (Phi) is 4.98. The summed E-state index contributed by atoms with van der Waals surface area (Å²) in [5.74, 6) is -0.820. The molecule has 0 aliphatic heterocycles. The van der Waals surface area contributed by atoms with Crippen LogP contribution in [0.4, 0.5) is 22.0 Å². The number of nitrogens with two attached hydrogens (primary N) is 1. The third kappa shape index (κ3) is 3.62. The fourth-order valence-electron chi connectivity index (χ4n) is 1.56. The number of carbonyl (C=O) groups is 1. The second-order valence-corrected chi connectivity index (χ2v) is 3.78. The zero-order valence-corrected chi connectivity index (χ0v) is 10.3. The van der Waals surface area contributed by atoms with Crippen LogP contribution in [0.3, 0.4) is 0 Å². The van der Waals surface area contributed by atoms with E-state index in [1.807, 2.05) is 0 Å². The molecule has 1 aromatic rings. The summed E-state index contributed by atoms with van der Waals surface area (Å²) in [6.07, 6.45) is -8.93. The second-order valence-electron chi connectivity index (χ2n) is 3.78. The summed E-state index contributed by atoms with van der Waals surface area (Å²) in [4.78, 5) is 14.4. The van der Waals surface area contributed by atoms with Gasteiger partial charge in [-0.05, 0) is 11.6 Å². The van der Waals surface area contributed by atoms with Gasteiger partial charge in [-0.2, -0.15) is 13.2 Å². The Hall–Kier alpha value is -1.77. The van der Waals surface area contributed by atoms with Crippen LogP contribution in [-0.2, 0) is 28.7 Å². The molecule has 0 unspecified atom stereocenters. The van der Waals surface area contributed by atoms with E-state index in [-0.39, 0.29) is 17.8 Å². The lowest BCUT2D eigenvalue weighted by molar-refractivity contribution is -0.141. The number of aromatic nitrogens is 1. The fourth-order valence-corrected chi connectivity index (χ4v) is 1.56. The molecule has 9 heteroatoms. The smallest absolute Gasteiger partial charge is 0.418 e. The average Bonchev–Trinajstić information content (AvgIpc) is 2.36. The van der Waals surface area contributed by atoms with E-state index in [1.54, 1.807) is 0 Å². The lowest BCUT2D eigenvalue weighted by Crippen LogP contribution is -2.18. The van der Waals surface area contributed by atoms with Crippen molar-refractivity contribution in [2.75, 3.05) is 7.11 Å². The molecule has 20 heavy (non-hydrogen) atoms. The van der Waals surface area contributed by atoms with Gasteiger partial charge in [-0.1, -0.05) is 0 Å². The molecular formula is C11H11F5N2O2. The van der Waals surface area contributed by atoms with E-state index >= 15 is 0 Å². The molecule has 0 aliphatic rings. The molecule has 1 aromatic heterocycles. The molecule has 0 spiro atoms. The van der Waals surface area contributed by atoms with Gasteiger partial charge in [-0.3, -0.25) is 4.79 Å². The van der Waals surface area contributed by atoms with Crippen LogP contribution >= 0.6 is 0 Å². The van der Waals surface area contributed by atoms with Crippen molar-refractivity contribution >= 4 is 5.97 Å². The molecule has 0 amide bonds. The van der Waals surface area contributed by atoms with Gasteiger partial charge in [-0.15, -0.1) is 0 Å². The van der Waals surface area contributed by atoms with Crippen molar-refractivity contribution < 1.29 is 31.5 Å². The van der Waals surface area contributed by atoms with Gasteiger partial charge in [0.15, 0.2) is 0 Å². The highest BCUT2D eigenvalue weighted by Crippen LogP contribution is 2.36. The summed E-state index contributed by atoms with van der Waals surface area (Å²) in [5, 5.41) is 0. The molecule has 0 bridgehead atoms. The Bertz CT molecular complexity index is 502. The number of hydrogen-bond donors (Lipinski definition) is 1. The molecule has 4 nitrogen and oxygen atoms in total. The summed E-state index contributed by atoms with van der Waals surface area (Å²) >= 11 is 0. The molecule has 0 radical (unpaired) electrons. The summed E-state index contributed by atoms with van der Waals surface area (Å²) in [5.41, 5.74) is 1.90. The van der Waals surface area contributed by atoms with Gasteiger partial charge >= 0.3 is 12.1 Å². The molecule has 2 N–H and O–H groups in total. The topological polar surface area (TPSA) is 65.2 Å². The Morgan fingerprint density at radius 3 is 2.45 bits per heavy atom. The maximum Gasteiger partial charge on any atom is 0.418 e. The van der Waals surface area contributed by atoms with Crippen LogP contribution in [0.1, 0.15) is 28.9 Å². The van der Waals surface area contributed by atoms with Crippen LogP contribution in [-0.4, -0.2) is 18.1 Å². The van der Waals surface area contributed by atoms with E-state index < -0.39 is 36.2 Å². The molecule has 0 saturated carbocycles. The van der Waals surface area contributed by atoms with E-state index in [0.717, 1.165) is 7.11 Å². The number of pyridine rings is 1. The zero-order chi connectivity index (χ0) is 15.5. The Labute approximate surface area is 110 Å². The van der Waals surface area contributed by atoms with Gasteiger partial charge in [0.25, 0.3) is 6.43 Å². The molecular weight excluding hydrogens is 287 g/mol. The number of hydrogen-bond acceptors (Lipinski definition) is 4. The number of methoxy groups -OCH3 is 1. The molecule has 0 fully saturated rings. The lowest BCUT2D eigenvalue weighted by Gasteiger charge is -2.15. The average molecular weight is 298 g/mol. The number of nitrogens with zero attached hydrogens (tertiary/aromatic N) is 1. The molecule has 0 aliphatic carbocycles. The van der Waals surface area contributed by atoms with Crippen molar-refractivity contribution in [1.29, 1.82) is 0 Å². The van der Waals surface area contributed by atoms with Crippen LogP contribution in [0.25, 0.3) is 0 Å². The predicted molar refractivity (Wildman–Crippen MR) is 57.8 cm³/mol. The highest BCUT2D eigenvalue weighted by atomic mass is 19.4. The van der Waals surface area contributed by atoms with Gasteiger partial charge in [0.1, 0.15) is 5.69 Å². The first-order valence-electron chi connectivity index (χ1n) is 5.35. The van der Waals surface area contributed by atoms with Crippen molar-refractivity contribution in [2.45, 2.75) is 25.6 Å². The molecule has 112 valence electrons. The fraction of sp³-hybridized carbons (Fsp3) is 0.455. The minimum absolute atomic E-state index is 0.184. The van der Waals surface area contributed by atoms with Crippen LogP contribution in [0.15, 0.2) is 6.07 Å². The number of esters is 1. The van der Waals surface area contributed by atoms with Gasteiger partial charge < -0.3 is 10.5 Å². The molecule has 0 aromatic carbocycles. The normalized spacial score (nSPS) is 11.8. The third-order valence-corrected chi connectivity index (χ3v) is 2.49. The maximum absolute atomic E-state index is 12.7. The van der Waals surface area contributed by atoms with E-state index in [1.165, 1.54) is 0 Å². The summed E-state index contributed by atoms with van der Waals surface area (Å²) < 4.78 is 67.8. The first kappa shape index (κ1) is 16.3.